The Morgan fingerprint density at radius 2 is 1.77 bits per heavy atom. The van der Waals surface area contributed by atoms with Crippen molar-refractivity contribution in [3.8, 4) is 0 Å². The second kappa shape index (κ2) is 11.9. The van der Waals surface area contributed by atoms with Gasteiger partial charge in [-0.05, 0) is 44.7 Å². The molecule has 0 aliphatic carbocycles. The lowest BCUT2D eigenvalue weighted by atomic mass is 10.1. The van der Waals surface area contributed by atoms with Crippen LogP contribution >= 0.6 is 0 Å². The molecule has 0 aromatic heterocycles. The van der Waals surface area contributed by atoms with Crippen LogP contribution in [0.2, 0.25) is 0 Å². The summed E-state index contributed by atoms with van der Waals surface area (Å²) in [7, 11) is 0. The van der Waals surface area contributed by atoms with Gasteiger partial charge in [-0.2, -0.15) is 0 Å². The van der Waals surface area contributed by atoms with Gasteiger partial charge in [0.15, 0.2) is 5.96 Å². The van der Waals surface area contributed by atoms with Crippen LogP contribution in [0.1, 0.15) is 50.2 Å². The van der Waals surface area contributed by atoms with E-state index in [-0.39, 0.29) is 6.10 Å². The molecule has 1 fully saturated rings. The number of likely N-dealkylation sites (tertiary alicyclic amines) is 1. The summed E-state index contributed by atoms with van der Waals surface area (Å²) in [5, 5.41) is 16.5. The summed E-state index contributed by atoms with van der Waals surface area (Å²) in [6.07, 6.45) is 5.16. The van der Waals surface area contributed by atoms with Crippen LogP contribution in [0.4, 0.5) is 0 Å². The fourth-order valence-electron chi connectivity index (χ4n) is 3.07. The van der Waals surface area contributed by atoms with Gasteiger partial charge in [0, 0.05) is 26.2 Å². The molecule has 0 amide bonds. The number of hydrogen-bond donors (Lipinski definition) is 3. The van der Waals surface area contributed by atoms with E-state index in [0.29, 0.717) is 6.54 Å². The molecule has 2 rings (SSSR count). The average Bonchev–Trinajstić information content (AvgIpc) is 2.65. The maximum atomic E-state index is 9.58. The fraction of sp³-hybridized carbons (Fsp3) is 0.667. The molecule has 3 N–H and O–H groups in total. The number of unbranched alkanes of at least 4 members (excludes halogenated alkanes) is 1. The lowest BCUT2D eigenvalue weighted by Gasteiger charge is -2.29. The largest absolute Gasteiger partial charge is 0.393 e. The van der Waals surface area contributed by atoms with E-state index in [1.165, 1.54) is 17.5 Å². The highest BCUT2D eigenvalue weighted by Gasteiger charge is 2.15. The van der Waals surface area contributed by atoms with Crippen LogP contribution in [0.15, 0.2) is 29.3 Å². The van der Waals surface area contributed by atoms with E-state index in [0.717, 1.165) is 64.4 Å². The monoisotopic (exact) mass is 360 g/mol. The Kier molecular flexibility index (Phi) is 9.50. The Morgan fingerprint density at radius 3 is 2.42 bits per heavy atom. The van der Waals surface area contributed by atoms with Crippen LogP contribution in [0.5, 0.6) is 0 Å². The van der Waals surface area contributed by atoms with Crippen molar-refractivity contribution in [2.75, 3.05) is 32.7 Å². The highest BCUT2D eigenvalue weighted by molar-refractivity contribution is 5.79. The molecule has 1 saturated heterocycles. The van der Waals surface area contributed by atoms with Crippen LogP contribution in [0, 0.1) is 6.92 Å². The highest BCUT2D eigenvalue weighted by atomic mass is 16.3. The number of aliphatic hydroxyl groups is 1. The lowest BCUT2D eigenvalue weighted by Crippen LogP contribution is -2.40. The van der Waals surface area contributed by atoms with Crippen LogP contribution < -0.4 is 10.6 Å². The summed E-state index contributed by atoms with van der Waals surface area (Å²) in [6, 6.07) is 8.57. The van der Waals surface area contributed by atoms with Crippen molar-refractivity contribution in [2.45, 2.75) is 58.6 Å². The molecule has 0 spiro atoms. The Labute approximate surface area is 158 Å². The van der Waals surface area contributed by atoms with Crippen molar-refractivity contribution in [1.82, 2.24) is 15.5 Å². The van der Waals surface area contributed by atoms with Crippen molar-refractivity contribution in [1.29, 1.82) is 0 Å². The van der Waals surface area contributed by atoms with Gasteiger partial charge in [0.25, 0.3) is 0 Å². The number of aliphatic hydroxyl groups excluding tert-OH is 1. The third-order valence-corrected chi connectivity index (χ3v) is 4.86. The first-order valence-corrected chi connectivity index (χ1v) is 10.2. The van der Waals surface area contributed by atoms with Crippen LogP contribution in [0.3, 0.4) is 0 Å². The summed E-state index contributed by atoms with van der Waals surface area (Å²) in [5.41, 5.74) is 2.52. The first-order chi connectivity index (χ1) is 12.7. The summed E-state index contributed by atoms with van der Waals surface area (Å²) in [5.74, 6) is 0.910. The minimum atomic E-state index is -0.0901. The topological polar surface area (TPSA) is 59.9 Å². The van der Waals surface area contributed by atoms with Gasteiger partial charge in [-0.3, -0.25) is 0 Å². The highest BCUT2D eigenvalue weighted by Crippen LogP contribution is 2.09. The molecule has 1 aliphatic heterocycles. The van der Waals surface area contributed by atoms with Crippen molar-refractivity contribution >= 4 is 5.96 Å². The van der Waals surface area contributed by atoms with Crippen molar-refractivity contribution in [3.63, 3.8) is 0 Å². The van der Waals surface area contributed by atoms with Gasteiger partial charge < -0.3 is 20.6 Å². The summed E-state index contributed by atoms with van der Waals surface area (Å²) < 4.78 is 0. The van der Waals surface area contributed by atoms with Crippen LogP contribution in [-0.2, 0) is 6.54 Å². The third kappa shape index (κ3) is 8.19. The normalized spacial score (nSPS) is 16.7. The number of piperidine rings is 1. The zero-order valence-electron chi connectivity index (χ0n) is 16.5. The molecule has 0 bridgehead atoms. The molecule has 0 unspecified atom stereocenters. The summed E-state index contributed by atoms with van der Waals surface area (Å²) in [6.45, 7) is 10.0. The number of aliphatic imine (C=N–C) groups is 1. The molecule has 1 heterocycles. The number of nitrogens with one attached hydrogen (secondary N) is 2. The molecule has 0 atom stereocenters. The molecule has 5 nitrogen and oxygen atoms in total. The minimum absolute atomic E-state index is 0.0901. The number of guanidine groups is 1. The smallest absolute Gasteiger partial charge is 0.191 e. The third-order valence-electron chi connectivity index (χ3n) is 4.86. The predicted octanol–water partition coefficient (Wildman–Crippen LogP) is 2.68. The second-order valence-corrected chi connectivity index (χ2v) is 7.28. The first kappa shape index (κ1) is 20.7. The van der Waals surface area contributed by atoms with Gasteiger partial charge in [0.05, 0.1) is 12.6 Å². The van der Waals surface area contributed by atoms with E-state index in [4.69, 9.17) is 4.99 Å². The minimum Gasteiger partial charge on any atom is -0.393 e. The maximum absolute atomic E-state index is 9.58. The van der Waals surface area contributed by atoms with Gasteiger partial charge in [-0.1, -0.05) is 43.2 Å². The van der Waals surface area contributed by atoms with E-state index < -0.39 is 0 Å². The van der Waals surface area contributed by atoms with Crippen molar-refractivity contribution in [3.05, 3.63) is 35.4 Å². The molecule has 0 saturated carbocycles. The zero-order chi connectivity index (χ0) is 18.6. The molecule has 26 heavy (non-hydrogen) atoms. The summed E-state index contributed by atoms with van der Waals surface area (Å²) in [4.78, 5) is 7.18. The SMILES string of the molecule is CCCCNC(=NCc1ccc(C)cc1)NCCCN1CCC(O)CC1. The molecular formula is C21H36N4O. The van der Waals surface area contributed by atoms with Crippen molar-refractivity contribution < 1.29 is 5.11 Å². The van der Waals surface area contributed by atoms with Gasteiger partial charge in [-0.25, -0.2) is 4.99 Å². The Balaban J connectivity index is 1.74. The van der Waals surface area contributed by atoms with Crippen molar-refractivity contribution in [2.24, 2.45) is 4.99 Å². The second-order valence-electron chi connectivity index (χ2n) is 7.28. The lowest BCUT2D eigenvalue weighted by molar-refractivity contribution is 0.0823. The standard InChI is InChI=1S/C21H36N4O/c1-3-4-12-22-21(24-17-19-8-6-18(2)7-9-19)23-13-5-14-25-15-10-20(26)11-16-25/h6-9,20,26H,3-5,10-17H2,1-2H3,(H2,22,23,24). The van der Waals surface area contributed by atoms with Gasteiger partial charge in [0.2, 0.25) is 0 Å². The quantitative estimate of drug-likeness (QED) is 0.360. The fourth-order valence-corrected chi connectivity index (χ4v) is 3.07. The molecule has 1 aromatic carbocycles. The summed E-state index contributed by atoms with van der Waals surface area (Å²) >= 11 is 0. The first-order valence-electron chi connectivity index (χ1n) is 10.2. The van der Waals surface area contributed by atoms with E-state index >= 15 is 0 Å². The number of benzene rings is 1. The molecule has 1 aliphatic rings. The number of nitrogens with zero attached hydrogens (tertiary/aromatic N) is 2. The molecule has 5 heteroatoms. The van der Waals surface area contributed by atoms with E-state index in [2.05, 4.69) is 53.6 Å². The molecule has 0 radical (unpaired) electrons. The molecular weight excluding hydrogens is 324 g/mol. The van der Waals surface area contributed by atoms with Crippen LogP contribution in [0.25, 0.3) is 0 Å². The maximum Gasteiger partial charge on any atom is 0.191 e. The predicted molar refractivity (Wildman–Crippen MR) is 110 cm³/mol. The van der Waals surface area contributed by atoms with Crippen LogP contribution in [-0.4, -0.2) is 54.8 Å². The van der Waals surface area contributed by atoms with Gasteiger partial charge in [0.1, 0.15) is 0 Å². The Bertz CT molecular complexity index is 521. The van der Waals surface area contributed by atoms with E-state index in [1.807, 2.05) is 0 Å². The number of rotatable bonds is 9. The van der Waals surface area contributed by atoms with Gasteiger partial charge >= 0.3 is 0 Å². The van der Waals surface area contributed by atoms with E-state index in [9.17, 15) is 5.11 Å². The Hall–Kier alpha value is -1.59. The Morgan fingerprint density at radius 1 is 1.12 bits per heavy atom. The number of hydrogen-bond acceptors (Lipinski definition) is 3. The van der Waals surface area contributed by atoms with Gasteiger partial charge in [-0.15, -0.1) is 0 Å². The molecule has 146 valence electrons. The average molecular weight is 361 g/mol. The molecule has 1 aromatic rings. The number of aryl methyl sites for hydroxylation is 1. The zero-order valence-corrected chi connectivity index (χ0v) is 16.5. The van der Waals surface area contributed by atoms with E-state index in [1.54, 1.807) is 0 Å².